The van der Waals surface area contributed by atoms with Crippen molar-refractivity contribution in [1.82, 2.24) is 9.78 Å². The van der Waals surface area contributed by atoms with Gasteiger partial charge < -0.3 is 5.11 Å². The summed E-state index contributed by atoms with van der Waals surface area (Å²) >= 11 is 5.66. The van der Waals surface area contributed by atoms with Gasteiger partial charge in [0.2, 0.25) is 0 Å². The molecule has 0 unspecified atom stereocenters. The second-order valence-electron chi connectivity index (χ2n) is 4.08. The second kappa shape index (κ2) is 4.82. The molecule has 2 rings (SSSR count). The molecule has 0 saturated heterocycles. The Bertz CT molecular complexity index is 680. The van der Waals surface area contributed by atoms with Crippen LogP contribution in [0.4, 0.5) is 13.2 Å². The van der Waals surface area contributed by atoms with Crippen LogP contribution in [0, 0.1) is 6.92 Å². The normalized spacial score (nSPS) is 11.7. The highest BCUT2D eigenvalue weighted by molar-refractivity contribution is 6.30. The first-order chi connectivity index (χ1) is 9.18. The van der Waals surface area contributed by atoms with Crippen molar-refractivity contribution >= 4 is 17.6 Å². The van der Waals surface area contributed by atoms with Gasteiger partial charge in [-0.25, -0.2) is 9.48 Å². The predicted octanol–water partition coefficient (Wildman–Crippen LogP) is 3.55. The molecular formula is C12H8ClF3N2O2. The molecule has 0 atom stereocenters. The summed E-state index contributed by atoms with van der Waals surface area (Å²) in [6.07, 6.45) is -4.58. The largest absolute Gasteiger partial charge is 0.477 e. The summed E-state index contributed by atoms with van der Waals surface area (Å²) < 4.78 is 39.1. The summed E-state index contributed by atoms with van der Waals surface area (Å²) in [7, 11) is 0. The Labute approximate surface area is 116 Å². The summed E-state index contributed by atoms with van der Waals surface area (Å²) in [5.41, 5.74) is -0.895. The summed E-state index contributed by atoms with van der Waals surface area (Å²) in [5, 5.41) is 12.7. The van der Waals surface area contributed by atoms with E-state index in [4.69, 9.17) is 16.7 Å². The zero-order valence-corrected chi connectivity index (χ0v) is 10.8. The molecule has 0 bridgehead atoms. The maximum Gasteiger partial charge on any atom is 0.416 e. The van der Waals surface area contributed by atoms with E-state index in [1.807, 2.05) is 0 Å². The Morgan fingerprint density at radius 1 is 1.30 bits per heavy atom. The van der Waals surface area contributed by atoms with E-state index in [9.17, 15) is 18.0 Å². The van der Waals surface area contributed by atoms with Crippen LogP contribution in [0.15, 0.2) is 24.3 Å². The lowest BCUT2D eigenvalue weighted by atomic mass is 10.2. The van der Waals surface area contributed by atoms with Crippen LogP contribution < -0.4 is 0 Å². The molecule has 1 aromatic carbocycles. The zero-order valence-electron chi connectivity index (χ0n) is 10.1. The van der Waals surface area contributed by atoms with Crippen molar-refractivity contribution in [3.63, 3.8) is 0 Å². The van der Waals surface area contributed by atoms with Crippen LogP contribution >= 0.6 is 11.6 Å². The number of carboxylic acid groups (broad SMARTS) is 1. The van der Waals surface area contributed by atoms with E-state index in [-0.39, 0.29) is 16.4 Å². The van der Waals surface area contributed by atoms with Gasteiger partial charge in [-0.15, -0.1) is 0 Å². The number of aromatic nitrogens is 2. The topological polar surface area (TPSA) is 55.1 Å². The third-order valence-electron chi connectivity index (χ3n) is 2.51. The molecule has 4 nitrogen and oxygen atoms in total. The van der Waals surface area contributed by atoms with Gasteiger partial charge >= 0.3 is 12.1 Å². The van der Waals surface area contributed by atoms with Crippen molar-refractivity contribution in [2.75, 3.05) is 0 Å². The third-order valence-corrected chi connectivity index (χ3v) is 2.72. The quantitative estimate of drug-likeness (QED) is 0.923. The number of benzene rings is 1. The number of rotatable bonds is 2. The highest BCUT2D eigenvalue weighted by atomic mass is 35.5. The van der Waals surface area contributed by atoms with E-state index in [1.54, 1.807) is 0 Å². The molecule has 0 radical (unpaired) electrons. The summed E-state index contributed by atoms with van der Waals surface area (Å²) in [6.45, 7) is 1.54. The number of carbonyl (C=O) groups is 1. The van der Waals surface area contributed by atoms with E-state index in [2.05, 4.69) is 5.10 Å². The Morgan fingerprint density at radius 3 is 2.50 bits per heavy atom. The second-order valence-corrected chi connectivity index (χ2v) is 4.52. The molecule has 0 aliphatic carbocycles. The van der Waals surface area contributed by atoms with E-state index in [1.165, 1.54) is 19.1 Å². The molecule has 0 fully saturated rings. The molecule has 8 heteroatoms. The molecule has 106 valence electrons. The van der Waals surface area contributed by atoms with Crippen molar-refractivity contribution in [3.8, 4) is 5.69 Å². The minimum absolute atomic E-state index is 0.0599. The van der Waals surface area contributed by atoms with Crippen molar-refractivity contribution in [3.05, 3.63) is 46.2 Å². The number of halogens is 4. The van der Waals surface area contributed by atoms with Crippen LogP contribution in [0.25, 0.3) is 5.69 Å². The number of carboxylic acids is 1. The van der Waals surface area contributed by atoms with Crippen LogP contribution in [-0.2, 0) is 6.18 Å². The lowest BCUT2D eigenvalue weighted by molar-refractivity contribution is -0.137. The van der Waals surface area contributed by atoms with Crippen molar-refractivity contribution in [2.45, 2.75) is 13.1 Å². The number of alkyl halides is 3. The average Bonchev–Trinajstić information content (AvgIpc) is 2.69. The maximum atomic E-state index is 12.7. The summed E-state index contributed by atoms with van der Waals surface area (Å²) in [4.78, 5) is 11.1. The lowest BCUT2D eigenvalue weighted by Crippen LogP contribution is -2.10. The molecule has 1 aromatic heterocycles. The van der Waals surface area contributed by atoms with Crippen LogP contribution in [0.5, 0.6) is 0 Å². The fourth-order valence-electron chi connectivity index (χ4n) is 1.71. The highest BCUT2D eigenvalue weighted by Gasteiger charge is 2.31. The van der Waals surface area contributed by atoms with Gasteiger partial charge in [0.05, 0.1) is 16.9 Å². The predicted molar refractivity (Wildman–Crippen MR) is 65.3 cm³/mol. The first-order valence-corrected chi connectivity index (χ1v) is 5.74. The minimum atomic E-state index is -4.58. The van der Waals surface area contributed by atoms with Crippen molar-refractivity contribution in [2.24, 2.45) is 0 Å². The smallest absolute Gasteiger partial charge is 0.416 e. The van der Waals surface area contributed by atoms with Gasteiger partial charge in [0.25, 0.3) is 0 Å². The summed E-state index contributed by atoms with van der Waals surface area (Å²) in [5.74, 6) is -1.29. The number of hydrogen-bond acceptors (Lipinski definition) is 2. The van der Waals surface area contributed by atoms with Gasteiger partial charge in [-0.2, -0.15) is 18.3 Å². The molecule has 0 aliphatic rings. The van der Waals surface area contributed by atoms with Crippen LogP contribution in [0.2, 0.25) is 5.02 Å². The van der Waals surface area contributed by atoms with Gasteiger partial charge in [-0.1, -0.05) is 11.6 Å². The Kier molecular flexibility index (Phi) is 3.47. The number of hydrogen-bond donors (Lipinski definition) is 1. The fourth-order valence-corrected chi connectivity index (χ4v) is 1.94. The zero-order chi connectivity index (χ0) is 15.1. The molecule has 0 saturated carbocycles. The molecule has 2 aromatic rings. The van der Waals surface area contributed by atoms with Gasteiger partial charge in [0, 0.05) is 5.02 Å². The van der Waals surface area contributed by atoms with Gasteiger partial charge in [-0.3, -0.25) is 0 Å². The minimum Gasteiger partial charge on any atom is -0.477 e. The van der Waals surface area contributed by atoms with Gasteiger partial charge in [0.1, 0.15) is 0 Å². The molecule has 1 heterocycles. The van der Waals surface area contributed by atoms with Crippen LogP contribution in [-0.4, -0.2) is 20.9 Å². The van der Waals surface area contributed by atoms with E-state index in [0.29, 0.717) is 5.69 Å². The summed E-state index contributed by atoms with van der Waals surface area (Å²) in [6, 6.07) is 4.04. The number of aryl methyl sites for hydroxylation is 1. The molecule has 20 heavy (non-hydrogen) atoms. The average molecular weight is 305 g/mol. The standard InChI is InChI=1S/C12H8ClF3N2O2/c1-6-2-10(11(19)20)18(17-6)9-4-7(12(14,15)16)3-8(13)5-9/h2-5H,1H3,(H,19,20). The van der Waals surface area contributed by atoms with Gasteiger partial charge in [0.15, 0.2) is 5.69 Å². The number of nitrogens with zero attached hydrogens (tertiary/aromatic N) is 2. The molecular weight excluding hydrogens is 297 g/mol. The number of aromatic carboxylic acids is 1. The molecule has 0 spiro atoms. The first kappa shape index (κ1) is 14.4. The first-order valence-electron chi connectivity index (χ1n) is 5.36. The third kappa shape index (κ3) is 2.77. The Balaban J connectivity index is 2.64. The lowest BCUT2D eigenvalue weighted by Gasteiger charge is -2.11. The SMILES string of the molecule is Cc1cc(C(=O)O)n(-c2cc(Cl)cc(C(F)(F)F)c2)n1. The molecule has 0 amide bonds. The monoisotopic (exact) mass is 304 g/mol. The van der Waals surface area contributed by atoms with Crippen LogP contribution in [0.1, 0.15) is 21.7 Å². The van der Waals surface area contributed by atoms with Gasteiger partial charge in [-0.05, 0) is 31.2 Å². The Hall–Kier alpha value is -2.02. The van der Waals surface area contributed by atoms with Crippen molar-refractivity contribution < 1.29 is 23.1 Å². The maximum absolute atomic E-state index is 12.7. The van der Waals surface area contributed by atoms with E-state index >= 15 is 0 Å². The van der Waals surface area contributed by atoms with E-state index in [0.717, 1.165) is 16.8 Å². The Morgan fingerprint density at radius 2 is 1.95 bits per heavy atom. The fraction of sp³-hybridized carbons (Fsp3) is 0.167. The highest BCUT2D eigenvalue weighted by Crippen LogP contribution is 2.33. The van der Waals surface area contributed by atoms with Crippen molar-refractivity contribution in [1.29, 1.82) is 0 Å². The van der Waals surface area contributed by atoms with E-state index < -0.39 is 17.7 Å². The molecule has 0 aliphatic heterocycles. The molecule has 1 N–H and O–H groups in total. The van der Waals surface area contributed by atoms with Crippen LogP contribution in [0.3, 0.4) is 0 Å².